The highest BCUT2D eigenvalue weighted by molar-refractivity contribution is 5.83. The van der Waals surface area contributed by atoms with E-state index < -0.39 is 11.6 Å². The molecule has 1 aliphatic heterocycles. The van der Waals surface area contributed by atoms with Crippen LogP contribution >= 0.6 is 0 Å². The van der Waals surface area contributed by atoms with E-state index in [9.17, 15) is 9.90 Å². The molecule has 2 rings (SSSR count). The Labute approximate surface area is 114 Å². The van der Waals surface area contributed by atoms with Crippen LogP contribution in [0.15, 0.2) is 30.3 Å². The molecule has 0 aromatic heterocycles. The van der Waals surface area contributed by atoms with Crippen molar-refractivity contribution in [2.75, 3.05) is 13.1 Å². The van der Waals surface area contributed by atoms with Gasteiger partial charge in [-0.1, -0.05) is 44.2 Å². The maximum absolute atomic E-state index is 12.1. The van der Waals surface area contributed by atoms with Crippen molar-refractivity contribution in [3.63, 3.8) is 0 Å². The van der Waals surface area contributed by atoms with Crippen molar-refractivity contribution in [1.29, 1.82) is 0 Å². The fourth-order valence-electron chi connectivity index (χ4n) is 2.33. The summed E-state index contributed by atoms with van der Waals surface area (Å²) in [6, 6.07) is 9.22. The van der Waals surface area contributed by atoms with E-state index in [0.717, 1.165) is 5.56 Å². The minimum Gasteiger partial charge on any atom is -0.386 e. The van der Waals surface area contributed by atoms with E-state index >= 15 is 0 Å². The molecule has 0 radical (unpaired) electrons. The maximum atomic E-state index is 12.1. The number of carbonyl (C=O) groups excluding carboxylic acids is 1. The molecule has 0 spiro atoms. The van der Waals surface area contributed by atoms with Crippen LogP contribution in [0.3, 0.4) is 0 Å². The molecule has 4 heteroatoms. The molecule has 1 aromatic carbocycles. The molecule has 3 N–H and O–H groups in total. The number of aliphatic hydroxyl groups is 1. The number of hydrogen-bond donors (Lipinski definition) is 2. The number of hydrogen-bond acceptors (Lipinski definition) is 3. The number of benzene rings is 1. The summed E-state index contributed by atoms with van der Waals surface area (Å²) in [5, 5.41) is 10.1. The Morgan fingerprint density at radius 2 is 1.95 bits per heavy atom. The zero-order valence-electron chi connectivity index (χ0n) is 11.5. The monoisotopic (exact) mass is 262 g/mol. The van der Waals surface area contributed by atoms with Crippen molar-refractivity contribution < 1.29 is 9.90 Å². The molecule has 1 unspecified atom stereocenters. The summed E-state index contributed by atoms with van der Waals surface area (Å²) in [4.78, 5) is 13.8. The fraction of sp³-hybridized carbons (Fsp3) is 0.533. The van der Waals surface area contributed by atoms with E-state index in [0.29, 0.717) is 19.5 Å². The Morgan fingerprint density at radius 3 is 2.47 bits per heavy atom. The third-order valence-corrected chi connectivity index (χ3v) is 3.93. The second kappa shape index (κ2) is 5.31. The van der Waals surface area contributed by atoms with Gasteiger partial charge in [-0.15, -0.1) is 0 Å². The molecule has 1 atom stereocenters. The van der Waals surface area contributed by atoms with Crippen LogP contribution in [0.1, 0.15) is 19.4 Å². The lowest BCUT2D eigenvalue weighted by Gasteiger charge is -2.49. The molecule has 0 saturated carbocycles. The van der Waals surface area contributed by atoms with Gasteiger partial charge in [-0.3, -0.25) is 4.79 Å². The summed E-state index contributed by atoms with van der Waals surface area (Å²) >= 11 is 0. The summed E-state index contributed by atoms with van der Waals surface area (Å²) in [5.41, 5.74) is 6.28. The highest BCUT2D eigenvalue weighted by Gasteiger charge is 2.46. The van der Waals surface area contributed by atoms with Crippen LogP contribution in [-0.2, 0) is 11.2 Å². The first kappa shape index (κ1) is 14.0. The lowest BCUT2D eigenvalue weighted by Crippen LogP contribution is -2.68. The molecule has 0 aliphatic carbocycles. The SMILES string of the molecule is CC(C)C1(O)CN(C(=O)C(N)Cc2ccccc2)C1. The molecule has 0 bridgehead atoms. The lowest BCUT2D eigenvalue weighted by molar-refractivity contribution is -0.165. The smallest absolute Gasteiger partial charge is 0.240 e. The first-order chi connectivity index (χ1) is 8.92. The average molecular weight is 262 g/mol. The normalized spacial score (nSPS) is 19.1. The van der Waals surface area contributed by atoms with Gasteiger partial charge >= 0.3 is 0 Å². The van der Waals surface area contributed by atoms with Gasteiger partial charge in [-0.25, -0.2) is 0 Å². The van der Waals surface area contributed by atoms with Gasteiger partial charge in [0.15, 0.2) is 0 Å². The highest BCUT2D eigenvalue weighted by atomic mass is 16.3. The molecule has 19 heavy (non-hydrogen) atoms. The number of rotatable bonds is 4. The summed E-state index contributed by atoms with van der Waals surface area (Å²) < 4.78 is 0. The van der Waals surface area contributed by atoms with Crippen LogP contribution in [0.2, 0.25) is 0 Å². The van der Waals surface area contributed by atoms with Crippen molar-refractivity contribution in [2.45, 2.75) is 31.9 Å². The van der Waals surface area contributed by atoms with Crippen molar-refractivity contribution in [1.82, 2.24) is 4.90 Å². The number of amides is 1. The molecule has 4 nitrogen and oxygen atoms in total. The maximum Gasteiger partial charge on any atom is 0.240 e. The Balaban J connectivity index is 1.88. The van der Waals surface area contributed by atoms with E-state index in [1.807, 2.05) is 44.2 Å². The second-order valence-corrected chi connectivity index (χ2v) is 5.75. The van der Waals surface area contributed by atoms with Crippen molar-refractivity contribution >= 4 is 5.91 Å². The number of nitrogens with zero attached hydrogens (tertiary/aromatic N) is 1. The molecular formula is C15H22N2O2. The van der Waals surface area contributed by atoms with Gasteiger partial charge in [0.1, 0.15) is 5.60 Å². The zero-order valence-corrected chi connectivity index (χ0v) is 11.5. The van der Waals surface area contributed by atoms with E-state index in [4.69, 9.17) is 5.73 Å². The van der Waals surface area contributed by atoms with Crippen LogP contribution in [-0.4, -0.2) is 40.6 Å². The van der Waals surface area contributed by atoms with Crippen molar-refractivity contribution in [3.05, 3.63) is 35.9 Å². The predicted molar refractivity (Wildman–Crippen MR) is 74.5 cm³/mol. The Kier molecular flexibility index (Phi) is 3.92. The van der Waals surface area contributed by atoms with E-state index in [2.05, 4.69) is 0 Å². The summed E-state index contributed by atoms with van der Waals surface area (Å²) in [7, 11) is 0. The predicted octanol–water partition coefficient (Wildman–Crippen LogP) is 0.786. The van der Waals surface area contributed by atoms with E-state index in [1.54, 1.807) is 4.90 Å². The molecule has 1 amide bonds. The standard InChI is InChI=1S/C15H22N2O2/c1-11(2)15(19)9-17(10-15)14(18)13(16)8-12-6-4-3-5-7-12/h3-7,11,13,19H,8-10,16H2,1-2H3. The lowest BCUT2D eigenvalue weighted by atomic mass is 9.82. The van der Waals surface area contributed by atoms with Crippen LogP contribution in [0.4, 0.5) is 0 Å². The van der Waals surface area contributed by atoms with Crippen molar-refractivity contribution in [2.24, 2.45) is 11.7 Å². The molecule has 1 heterocycles. The van der Waals surface area contributed by atoms with E-state index in [1.165, 1.54) is 0 Å². The third-order valence-electron chi connectivity index (χ3n) is 3.93. The first-order valence-electron chi connectivity index (χ1n) is 6.73. The highest BCUT2D eigenvalue weighted by Crippen LogP contribution is 2.28. The Morgan fingerprint density at radius 1 is 1.37 bits per heavy atom. The largest absolute Gasteiger partial charge is 0.386 e. The summed E-state index contributed by atoms with van der Waals surface area (Å²) in [6.45, 7) is 4.72. The van der Waals surface area contributed by atoms with Gasteiger partial charge in [0.2, 0.25) is 5.91 Å². The number of β-amino-alcohol motifs (C(OH)–C–C–N with tert-alkyl or cyclic N) is 1. The number of carbonyl (C=O) groups is 1. The van der Waals surface area contributed by atoms with Gasteiger partial charge in [-0.05, 0) is 17.9 Å². The van der Waals surface area contributed by atoms with Gasteiger partial charge in [0.05, 0.1) is 19.1 Å². The Hall–Kier alpha value is -1.39. The van der Waals surface area contributed by atoms with Crippen LogP contribution in [0, 0.1) is 5.92 Å². The van der Waals surface area contributed by atoms with Gasteiger partial charge in [0.25, 0.3) is 0 Å². The third kappa shape index (κ3) is 2.96. The zero-order chi connectivity index (χ0) is 14.0. The van der Waals surface area contributed by atoms with Crippen molar-refractivity contribution in [3.8, 4) is 0 Å². The molecule has 1 fully saturated rings. The minimum atomic E-state index is -0.734. The first-order valence-corrected chi connectivity index (χ1v) is 6.73. The number of likely N-dealkylation sites (tertiary alicyclic amines) is 1. The minimum absolute atomic E-state index is 0.0748. The summed E-state index contributed by atoms with van der Waals surface area (Å²) in [6.07, 6.45) is 0.538. The summed E-state index contributed by atoms with van der Waals surface area (Å²) in [5.74, 6) is 0.0797. The van der Waals surface area contributed by atoms with Crippen LogP contribution < -0.4 is 5.73 Å². The Bertz CT molecular complexity index is 439. The van der Waals surface area contributed by atoms with Crippen LogP contribution in [0.25, 0.3) is 0 Å². The molecule has 1 aliphatic rings. The topological polar surface area (TPSA) is 66.6 Å². The number of nitrogens with two attached hydrogens (primary N) is 1. The molecule has 1 saturated heterocycles. The van der Waals surface area contributed by atoms with Crippen LogP contribution in [0.5, 0.6) is 0 Å². The average Bonchev–Trinajstić information content (AvgIpc) is 2.35. The van der Waals surface area contributed by atoms with Gasteiger partial charge in [-0.2, -0.15) is 0 Å². The fourth-order valence-corrected chi connectivity index (χ4v) is 2.33. The van der Waals surface area contributed by atoms with Gasteiger partial charge < -0.3 is 15.7 Å². The van der Waals surface area contributed by atoms with Gasteiger partial charge in [0, 0.05) is 0 Å². The van der Waals surface area contributed by atoms with E-state index in [-0.39, 0.29) is 11.8 Å². The second-order valence-electron chi connectivity index (χ2n) is 5.75. The molecule has 1 aromatic rings. The molecule has 104 valence electrons. The molecular weight excluding hydrogens is 240 g/mol. The quantitative estimate of drug-likeness (QED) is 0.843.